The van der Waals surface area contributed by atoms with Crippen molar-refractivity contribution in [1.82, 2.24) is 0 Å². The second-order valence-electron chi connectivity index (χ2n) is 4.61. The van der Waals surface area contributed by atoms with Crippen molar-refractivity contribution in [2.75, 3.05) is 7.11 Å². The first-order valence-corrected chi connectivity index (χ1v) is 7.10. The molecule has 0 heterocycles. The van der Waals surface area contributed by atoms with Gasteiger partial charge < -0.3 is 10.5 Å². The molecule has 0 saturated heterocycles. The molecule has 1 rings (SSSR count). The smallest absolute Gasteiger partial charge is 0.123 e. The van der Waals surface area contributed by atoms with E-state index in [1.54, 1.807) is 7.11 Å². The molecule has 0 aliphatic carbocycles. The van der Waals surface area contributed by atoms with Gasteiger partial charge in [-0.05, 0) is 17.5 Å². The zero-order chi connectivity index (χ0) is 12.8. The predicted octanol–water partition coefficient (Wildman–Crippen LogP) is 3.43. The van der Waals surface area contributed by atoms with Gasteiger partial charge in [-0.3, -0.25) is 0 Å². The summed E-state index contributed by atoms with van der Waals surface area (Å²) in [5, 5.41) is 0.676. The van der Waals surface area contributed by atoms with Crippen LogP contribution in [0.2, 0.25) is 0 Å². The van der Waals surface area contributed by atoms with Crippen molar-refractivity contribution < 1.29 is 4.74 Å². The van der Waals surface area contributed by atoms with Gasteiger partial charge >= 0.3 is 0 Å². The van der Waals surface area contributed by atoms with Gasteiger partial charge in [0.2, 0.25) is 0 Å². The van der Waals surface area contributed by atoms with Gasteiger partial charge in [0.25, 0.3) is 0 Å². The van der Waals surface area contributed by atoms with E-state index in [-0.39, 0.29) is 0 Å². The summed E-state index contributed by atoms with van der Waals surface area (Å²) in [6.07, 6.45) is 0. The number of thioether (sulfide) groups is 1. The molecule has 0 radical (unpaired) electrons. The molecule has 1 aromatic rings. The number of methoxy groups -OCH3 is 1. The quantitative estimate of drug-likeness (QED) is 0.843. The van der Waals surface area contributed by atoms with Crippen LogP contribution in [0.1, 0.15) is 31.9 Å². The van der Waals surface area contributed by atoms with Crippen LogP contribution in [-0.2, 0) is 12.3 Å². The van der Waals surface area contributed by atoms with E-state index in [0.29, 0.717) is 17.7 Å². The maximum atomic E-state index is 5.65. The first kappa shape index (κ1) is 14.4. The van der Waals surface area contributed by atoms with Gasteiger partial charge in [0.1, 0.15) is 5.75 Å². The minimum absolute atomic E-state index is 0.527. The summed E-state index contributed by atoms with van der Waals surface area (Å²) in [5.74, 6) is 2.65. The molecule has 3 heteroatoms. The minimum Gasteiger partial charge on any atom is -0.496 e. The van der Waals surface area contributed by atoms with Crippen LogP contribution in [0.25, 0.3) is 0 Å². The van der Waals surface area contributed by atoms with E-state index in [0.717, 1.165) is 17.1 Å². The third-order valence-corrected chi connectivity index (χ3v) is 4.59. The van der Waals surface area contributed by atoms with E-state index in [1.807, 2.05) is 11.8 Å². The summed E-state index contributed by atoms with van der Waals surface area (Å²) >= 11 is 1.98. The van der Waals surface area contributed by atoms with E-state index in [9.17, 15) is 0 Å². The summed E-state index contributed by atoms with van der Waals surface area (Å²) in [6, 6.07) is 6.31. The molecule has 2 N–H and O–H groups in total. The van der Waals surface area contributed by atoms with Crippen LogP contribution in [0.15, 0.2) is 18.2 Å². The highest BCUT2D eigenvalue weighted by Crippen LogP contribution is 2.26. The summed E-state index contributed by atoms with van der Waals surface area (Å²) in [5.41, 5.74) is 8.02. The van der Waals surface area contributed by atoms with Crippen molar-refractivity contribution in [3.63, 3.8) is 0 Å². The Morgan fingerprint density at radius 2 is 2.00 bits per heavy atom. The molecule has 0 amide bonds. The van der Waals surface area contributed by atoms with Crippen molar-refractivity contribution in [2.45, 2.75) is 38.3 Å². The predicted molar refractivity (Wildman–Crippen MR) is 76.5 cm³/mol. The van der Waals surface area contributed by atoms with Gasteiger partial charge in [-0.1, -0.05) is 32.9 Å². The molecular weight excluding hydrogens is 230 g/mol. The average molecular weight is 253 g/mol. The molecule has 2 nitrogen and oxygen atoms in total. The fourth-order valence-corrected chi connectivity index (χ4v) is 2.49. The molecule has 0 aliphatic heterocycles. The summed E-state index contributed by atoms with van der Waals surface area (Å²) in [4.78, 5) is 0. The number of ether oxygens (including phenoxy) is 1. The zero-order valence-corrected chi connectivity index (χ0v) is 12.0. The van der Waals surface area contributed by atoms with Crippen molar-refractivity contribution in [3.8, 4) is 5.75 Å². The first-order valence-electron chi connectivity index (χ1n) is 6.06. The normalized spacial score (nSPS) is 12.8. The third kappa shape index (κ3) is 4.25. The van der Waals surface area contributed by atoms with Crippen LogP contribution in [0.4, 0.5) is 0 Å². The molecule has 0 fully saturated rings. The molecule has 96 valence electrons. The Kier molecular flexibility index (Phi) is 5.86. The average Bonchev–Trinajstić information content (AvgIpc) is 2.35. The Balaban J connectivity index is 2.66. The molecule has 17 heavy (non-hydrogen) atoms. The van der Waals surface area contributed by atoms with E-state index in [4.69, 9.17) is 10.5 Å². The van der Waals surface area contributed by atoms with Crippen LogP contribution in [0.3, 0.4) is 0 Å². The number of nitrogens with two attached hydrogens (primary N) is 1. The Bertz CT molecular complexity index is 352. The van der Waals surface area contributed by atoms with Gasteiger partial charge in [0, 0.05) is 23.1 Å². The Hall–Kier alpha value is -0.670. The Morgan fingerprint density at radius 1 is 1.29 bits per heavy atom. The van der Waals surface area contributed by atoms with Gasteiger partial charge in [-0.2, -0.15) is 11.8 Å². The van der Waals surface area contributed by atoms with E-state index in [2.05, 4.69) is 39.0 Å². The SMILES string of the molecule is COc1cc(CSC(C)C(C)C)ccc1CN. The van der Waals surface area contributed by atoms with Crippen LogP contribution >= 0.6 is 11.8 Å². The monoisotopic (exact) mass is 253 g/mol. The molecule has 1 unspecified atom stereocenters. The zero-order valence-electron chi connectivity index (χ0n) is 11.2. The fraction of sp³-hybridized carbons (Fsp3) is 0.571. The van der Waals surface area contributed by atoms with Gasteiger partial charge in [0.05, 0.1) is 7.11 Å². The maximum Gasteiger partial charge on any atom is 0.123 e. The first-order chi connectivity index (χ1) is 8.08. The molecule has 0 aromatic heterocycles. The van der Waals surface area contributed by atoms with E-state index >= 15 is 0 Å². The lowest BCUT2D eigenvalue weighted by molar-refractivity contribution is 0.409. The number of hydrogen-bond donors (Lipinski definition) is 1. The molecule has 0 spiro atoms. The molecular formula is C14H23NOS. The van der Waals surface area contributed by atoms with Crippen LogP contribution in [-0.4, -0.2) is 12.4 Å². The molecule has 0 bridgehead atoms. The second kappa shape index (κ2) is 6.92. The lowest BCUT2D eigenvalue weighted by Gasteiger charge is -2.15. The number of benzene rings is 1. The van der Waals surface area contributed by atoms with Crippen molar-refractivity contribution in [2.24, 2.45) is 11.7 Å². The largest absolute Gasteiger partial charge is 0.496 e. The molecule has 1 atom stereocenters. The lowest BCUT2D eigenvalue weighted by atomic mass is 10.1. The minimum atomic E-state index is 0.527. The summed E-state index contributed by atoms with van der Waals surface area (Å²) in [6.45, 7) is 7.32. The Labute approximate surface area is 109 Å². The standard InChI is InChI=1S/C14H23NOS/c1-10(2)11(3)17-9-12-5-6-13(8-15)14(7-12)16-4/h5-7,10-11H,8-9,15H2,1-4H3. The highest BCUT2D eigenvalue weighted by Gasteiger charge is 2.09. The van der Waals surface area contributed by atoms with Crippen molar-refractivity contribution in [1.29, 1.82) is 0 Å². The fourth-order valence-electron chi connectivity index (χ4n) is 1.47. The van der Waals surface area contributed by atoms with Gasteiger partial charge in [-0.15, -0.1) is 0 Å². The van der Waals surface area contributed by atoms with E-state index < -0.39 is 0 Å². The second-order valence-corrected chi connectivity index (χ2v) is 5.98. The number of rotatable bonds is 6. The van der Waals surface area contributed by atoms with Crippen LogP contribution in [0.5, 0.6) is 5.75 Å². The lowest BCUT2D eigenvalue weighted by Crippen LogP contribution is -2.06. The summed E-state index contributed by atoms with van der Waals surface area (Å²) < 4.78 is 5.34. The van der Waals surface area contributed by atoms with Crippen LogP contribution in [0, 0.1) is 5.92 Å². The van der Waals surface area contributed by atoms with Crippen LogP contribution < -0.4 is 10.5 Å². The highest BCUT2D eigenvalue weighted by molar-refractivity contribution is 7.99. The van der Waals surface area contributed by atoms with Crippen molar-refractivity contribution in [3.05, 3.63) is 29.3 Å². The van der Waals surface area contributed by atoms with Crippen molar-refractivity contribution >= 4 is 11.8 Å². The molecule has 0 saturated carbocycles. The van der Waals surface area contributed by atoms with Gasteiger partial charge in [-0.25, -0.2) is 0 Å². The highest BCUT2D eigenvalue weighted by atomic mass is 32.2. The maximum absolute atomic E-state index is 5.65. The molecule has 0 aliphatic rings. The van der Waals surface area contributed by atoms with E-state index in [1.165, 1.54) is 5.56 Å². The topological polar surface area (TPSA) is 35.2 Å². The van der Waals surface area contributed by atoms with Gasteiger partial charge in [0.15, 0.2) is 0 Å². The third-order valence-electron chi connectivity index (χ3n) is 3.02. The summed E-state index contributed by atoms with van der Waals surface area (Å²) in [7, 11) is 1.70. The number of hydrogen-bond acceptors (Lipinski definition) is 3. The Morgan fingerprint density at radius 3 is 2.53 bits per heavy atom. The molecule has 1 aromatic carbocycles.